The van der Waals surface area contributed by atoms with Gasteiger partial charge in [-0.25, -0.2) is 0 Å². The maximum Gasteiger partial charge on any atom is 0.255 e. The fraction of sp³-hybridized carbons (Fsp3) is 0.407. The van der Waals surface area contributed by atoms with Crippen LogP contribution in [0.1, 0.15) is 44.7 Å². The molecule has 1 unspecified atom stereocenters. The predicted octanol–water partition coefficient (Wildman–Crippen LogP) is 1.09. The summed E-state index contributed by atoms with van der Waals surface area (Å²) in [5.74, 6) is -0.449. The highest BCUT2D eigenvalue weighted by molar-refractivity contribution is 6.05. The molecule has 2 fully saturated rings. The van der Waals surface area contributed by atoms with E-state index in [2.05, 4.69) is 15.5 Å². The number of hydrogen-bond donors (Lipinski definition) is 2. The second kappa shape index (κ2) is 11.1. The van der Waals surface area contributed by atoms with Crippen molar-refractivity contribution in [1.82, 2.24) is 20.4 Å². The van der Waals surface area contributed by atoms with Gasteiger partial charge in [-0.15, -0.1) is 0 Å². The molecule has 0 radical (unpaired) electrons. The highest BCUT2D eigenvalue weighted by atomic mass is 16.5. The molecule has 5 rings (SSSR count). The van der Waals surface area contributed by atoms with E-state index in [9.17, 15) is 19.2 Å². The van der Waals surface area contributed by atoms with Crippen LogP contribution in [0.4, 0.5) is 0 Å². The first kappa shape index (κ1) is 24.9. The van der Waals surface area contributed by atoms with Gasteiger partial charge in [0, 0.05) is 50.3 Å². The second-order valence-electron chi connectivity index (χ2n) is 9.40. The summed E-state index contributed by atoms with van der Waals surface area (Å²) < 4.78 is 11.1. The SMILES string of the molecule is O=C1CCC(N2Cc3cc(CNC(=O)c4ccc(OCCN5CCOCC5)cc4)ccc3C2=O)C(=O)N1. The van der Waals surface area contributed by atoms with Crippen molar-refractivity contribution in [2.24, 2.45) is 0 Å². The zero-order valence-corrected chi connectivity index (χ0v) is 20.5. The Morgan fingerprint density at radius 2 is 1.86 bits per heavy atom. The normalized spacial score (nSPS) is 19.9. The Labute approximate surface area is 214 Å². The van der Waals surface area contributed by atoms with Crippen LogP contribution in [0.5, 0.6) is 5.75 Å². The van der Waals surface area contributed by atoms with E-state index >= 15 is 0 Å². The molecule has 0 bridgehead atoms. The number of amides is 4. The lowest BCUT2D eigenvalue weighted by atomic mass is 10.0. The molecule has 194 valence electrons. The number of imide groups is 1. The molecule has 2 aromatic rings. The summed E-state index contributed by atoms with van der Waals surface area (Å²) in [5.41, 5.74) is 2.73. The molecule has 4 amide bonds. The van der Waals surface area contributed by atoms with E-state index in [0.29, 0.717) is 43.0 Å². The van der Waals surface area contributed by atoms with Crippen LogP contribution in [0, 0.1) is 0 Å². The molecule has 0 aromatic heterocycles. The van der Waals surface area contributed by atoms with Crippen LogP contribution >= 0.6 is 0 Å². The van der Waals surface area contributed by atoms with Crippen molar-refractivity contribution in [1.29, 1.82) is 0 Å². The van der Waals surface area contributed by atoms with E-state index in [4.69, 9.17) is 9.47 Å². The largest absolute Gasteiger partial charge is 0.492 e. The molecule has 3 aliphatic rings. The number of fused-ring (bicyclic) bond motifs is 1. The van der Waals surface area contributed by atoms with Crippen molar-refractivity contribution in [2.45, 2.75) is 32.0 Å². The summed E-state index contributed by atoms with van der Waals surface area (Å²) in [7, 11) is 0. The average Bonchev–Trinajstić information content (AvgIpc) is 3.23. The molecule has 37 heavy (non-hydrogen) atoms. The standard InChI is InChI=1S/C27H30N4O6/c32-24-8-7-23(26(34)29-24)31-17-20-15-18(1-6-22(20)27(31)35)16-28-25(33)19-2-4-21(5-3-19)37-14-11-30-9-12-36-13-10-30/h1-6,15,23H,7-14,16-17H2,(H,28,33)(H,29,32,34). The van der Waals surface area contributed by atoms with Crippen LogP contribution in [0.3, 0.4) is 0 Å². The third-order valence-electron chi connectivity index (χ3n) is 6.94. The van der Waals surface area contributed by atoms with E-state index < -0.39 is 11.9 Å². The molecule has 1 atom stereocenters. The van der Waals surface area contributed by atoms with Crippen molar-refractivity contribution >= 4 is 23.6 Å². The molecular weight excluding hydrogens is 476 g/mol. The van der Waals surface area contributed by atoms with E-state index in [-0.39, 0.29) is 24.1 Å². The zero-order chi connectivity index (χ0) is 25.8. The molecular formula is C27H30N4O6. The number of nitrogens with zero attached hydrogens (tertiary/aromatic N) is 2. The predicted molar refractivity (Wildman–Crippen MR) is 133 cm³/mol. The summed E-state index contributed by atoms with van der Waals surface area (Å²) in [6, 6.07) is 11.8. The number of hydrogen-bond acceptors (Lipinski definition) is 7. The third-order valence-corrected chi connectivity index (χ3v) is 6.94. The fourth-order valence-electron chi connectivity index (χ4n) is 4.84. The highest BCUT2D eigenvalue weighted by Crippen LogP contribution is 2.28. The van der Waals surface area contributed by atoms with Gasteiger partial charge in [-0.1, -0.05) is 12.1 Å². The van der Waals surface area contributed by atoms with Gasteiger partial charge in [0.1, 0.15) is 18.4 Å². The number of carbonyl (C=O) groups excluding carboxylic acids is 4. The molecule has 3 aliphatic heterocycles. The summed E-state index contributed by atoms with van der Waals surface area (Å²) in [5, 5.41) is 5.22. The van der Waals surface area contributed by atoms with Crippen molar-refractivity contribution in [3.8, 4) is 5.75 Å². The van der Waals surface area contributed by atoms with Crippen LogP contribution < -0.4 is 15.4 Å². The monoisotopic (exact) mass is 506 g/mol. The lowest BCUT2D eigenvalue weighted by Gasteiger charge is -2.29. The summed E-state index contributed by atoms with van der Waals surface area (Å²) >= 11 is 0. The van der Waals surface area contributed by atoms with Crippen molar-refractivity contribution in [3.63, 3.8) is 0 Å². The molecule has 10 nitrogen and oxygen atoms in total. The number of carbonyl (C=O) groups is 4. The van der Waals surface area contributed by atoms with Gasteiger partial charge in [-0.2, -0.15) is 0 Å². The maximum absolute atomic E-state index is 12.8. The lowest BCUT2D eigenvalue weighted by molar-refractivity contribution is -0.136. The lowest BCUT2D eigenvalue weighted by Crippen LogP contribution is -2.52. The Bertz CT molecular complexity index is 1190. The van der Waals surface area contributed by atoms with E-state index in [1.165, 1.54) is 4.90 Å². The van der Waals surface area contributed by atoms with Gasteiger partial charge in [-0.05, 0) is 47.9 Å². The fourth-order valence-corrected chi connectivity index (χ4v) is 4.84. The van der Waals surface area contributed by atoms with Crippen LogP contribution in [0.2, 0.25) is 0 Å². The van der Waals surface area contributed by atoms with Crippen molar-refractivity contribution < 1.29 is 28.7 Å². The first-order valence-electron chi connectivity index (χ1n) is 12.6. The smallest absolute Gasteiger partial charge is 0.255 e. The van der Waals surface area contributed by atoms with Gasteiger partial charge in [0.05, 0.1) is 13.2 Å². The van der Waals surface area contributed by atoms with Gasteiger partial charge < -0.3 is 19.7 Å². The average molecular weight is 507 g/mol. The highest BCUT2D eigenvalue weighted by Gasteiger charge is 2.39. The third kappa shape index (κ3) is 5.81. The Morgan fingerprint density at radius 1 is 1.08 bits per heavy atom. The van der Waals surface area contributed by atoms with E-state index in [0.717, 1.165) is 44.0 Å². The van der Waals surface area contributed by atoms with Crippen LogP contribution in [0.25, 0.3) is 0 Å². The number of morpholine rings is 1. The maximum atomic E-state index is 12.8. The first-order valence-corrected chi connectivity index (χ1v) is 12.6. The van der Waals surface area contributed by atoms with Crippen molar-refractivity contribution in [2.75, 3.05) is 39.5 Å². The van der Waals surface area contributed by atoms with Gasteiger partial charge in [-0.3, -0.25) is 29.4 Å². The molecule has 2 aromatic carbocycles. The van der Waals surface area contributed by atoms with Gasteiger partial charge in [0.2, 0.25) is 11.8 Å². The number of nitrogens with one attached hydrogen (secondary N) is 2. The summed E-state index contributed by atoms with van der Waals surface area (Å²) in [6.45, 7) is 5.37. The Balaban J connectivity index is 1.12. The number of ether oxygens (including phenoxy) is 2. The van der Waals surface area contributed by atoms with Crippen LogP contribution in [-0.4, -0.2) is 78.9 Å². The molecule has 0 spiro atoms. The number of benzene rings is 2. The topological polar surface area (TPSA) is 117 Å². The van der Waals surface area contributed by atoms with Gasteiger partial charge in [0.15, 0.2) is 0 Å². The Morgan fingerprint density at radius 3 is 2.62 bits per heavy atom. The van der Waals surface area contributed by atoms with Crippen LogP contribution in [-0.2, 0) is 27.4 Å². The Kier molecular flexibility index (Phi) is 7.47. The molecule has 0 saturated carbocycles. The molecule has 0 aliphatic carbocycles. The zero-order valence-electron chi connectivity index (χ0n) is 20.5. The minimum absolute atomic E-state index is 0.207. The molecule has 2 N–H and O–H groups in total. The number of piperidine rings is 1. The van der Waals surface area contributed by atoms with E-state index in [1.54, 1.807) is 36.4 Å². The van der Waals surface area contributed by atoms with Gasteiger partial charge in [0.25, 0.3) is 11.8 Å². The quantitative estimate of drug-likeness (QED) is 0.515. The summed E-state index contributed by atoms with van der Waals surface area (Å²) in [6.07, 6.45) is 0.542. The minimum atomic E-state index is -0.646. The second-order valence-corrected chi connectivity index (χ2v) is 9.40. The molecule has 3 heterocycles. The van der Waals surface area contributed by atoms with Gasteiger partial charge >= 0.3 is 0 Å². The Hall–Kier alpha value is -3.76. The number of rotatable bonds is 8. The first-order chi connectivity index (χ1) is 18.0. The molecule has 10 heteroatoms. The van der Waals surface area contributed by atoms with E-state index in [1.807, 2.05) is 6.07 Å². The molecule has 2 saturated heterocycles. The van der Waals surface area contributed by atoms with Crippen LogP contribution in [0.15, 0.2) is 42.5 Å². The minimum Gasteiger partial charge on any atom is -0.492 e. The summed E-state index contributed by atoms with van der Waals surface area (Å²) in [4.78, 5) is 53.0. The van der Waals surface area contributed by atoms with Crippen molar-refractivity contribution in [3.05, 3.63) is 64.7 Å².